The van der Waals surface area contributed by atoms with E-state index >= 15 is 0 Å². The van der Waals surface area contributed by atoms with Crippen LogP contribution >= 0.6 is 23.2 Å². The molecule has 9 heteroatoms. The Morgan fingerprint density at radius 3 is 2.43 bits per heavy atom. The Morgan fingerprint density at radius 2 is 1.77 bits per heavy atom. The highest BCUT2D eigenvalue weighted by Gasteiger charge is 2.33. The van der Waals surface area contributed by atoms with Crippen LogP contribution in [0.3, 0.4) is 0 Å². The topological polar surface area (TPSA) is 96.9 Å². The summed E-state index contributed by atoms with van der Waals surface area (Å²) in [5.41, 5.74) is 0.404. The summed E-state index contributed by atoms with van der Waals surface area (Å²) in [6, 6.07) is 4.49. The zero-order valence-electron chi connectivity index (χ0n) is 16.7. The van der Waals surface area contributed by atoms with Crippen LogP contribution in [0.15, 0.2) is 18.2 Å². The largest absolute Gasteiger partial charge is 0.394 e. The zero-order valence-corrected chi connectivity index (χ0v) is 18.3. The molecule has 2 amide bonds. The van der Waals surface area contributed by atoms with Gasteiger partial charge in [-0.1, -0.05) is 23.2 Å². The lowest BCUT2D eigenvalue weighted by molar-refractivity contribution is -0.134. The van der Waals surface area contributed by atoms with Crippen molar-refractivity contribution >= 4 is 35.0 Å². The van der Waals surface area contributed by atoms with Crippen LogP contribution in [-0.2, 0) is 14.3 Å². The van der Waals surface area contributed by atoms with Gasteiger partial charge in [0, 0.05) is 41.3 Å². The highest BCUT2D eigenvalue weighted by molar-refractivity contribution is 6.35. The molecule has 2 fully saturated rings. The third-order valence-corrected chi connectivity index (χ3v) is 6.03. The molecule has 2 saturated heterocycles. The van der Waals surface area contributed by atoms with Crippen LogP contribution in [-0.4, -0.2) is 61.5 Å². The summed E-state index contributed by atoms with van der Waals surface area (Å²) in [7, 11) is 0. The third kappa shape index (κ3) is 6.56. The van der Waals surface area contributed by atoms with Gasteiger partial charge in [0.25, 0.3) is 5.91 Å². The van der Waals surface area contributed by atoms with Gasteiger partial charge in [0.05, 0.1) is 18.8 Å². The van der Waals surface area contributed by atoms with Crippen molar-refractivity contribution in [2.45, 2.75) is 50.4 Å². The molecule has 30 heavy (non-hydrogen) atoms. The molecule has 1 aromatic carbocycles. The molecule has 0 unspecified atom stereocenters. The fourth-order valence-electron chi connectivity index (χ4n) is 3.90. The van der Waals surface area contributed by atoms with E-state index in [1.54, 1.807) is 18.2 Å². The molecule has 3 rings (SSSR count). The number of carbonyl (C=O) groups is 2. The molecule has 1 aromatic rings. The third-order valence-electron chi connectivity index (χ3n) is 5.59. The summed E-state index contributed by atoms with van der Waals surface area (Å²) >= 11 is 11.9. The average molecular weight is 459 g/mol. The molecule has 0 spiro atoms. The maximum Gasteiger partial charge on any atom is 0.251 e. The number of nitrogens with one attached hydrogen (secondary N) is 2. The van der Waals surface area contributed by atoms with E-state index in [0.717, 1.165) is 25.7 Å². The van der Waals surface area contributed by atoms with E-state index in [9.17, 15) is 14.7 Å². The molecule has 3 atom stereocenters. The number of amides is 2. The molecule has 2 heterocycles. The van der Waals surface area contributed by atoms with Crippen LogP contribution in [0, 0.1) is 5.92 Å². The summed E-state index contributed by atoms with van der Waals surface area (Å²) < 4.78 is 11.3. The van der Waals surface area contributed by atoms with Gasteiger partial charge in [-0.15, -0.1) is 0 Å². The van der Waals surface area contributed by atoms with E-state index < -0.39 is 6.10 Å². The SMILES string of the molecule is O=C(NCC[C@H]1CC[C@@H](NC(=O)C2CCOCC2)[C@@H](CO)O1)c1cc(Cl)cc(Cl)c1. The molecular weight excluding hydrogens is 431 g/mol. The van der Waals surface area contributed by atoms with E-state index in [-0.39, 0.29) is 36.5 Å². The predicted octanol–water partition coefficient (Wildman–Crippen LogP) is 2.56. The maximum atomic E-state index is 12.5. The number of carbonyl (C=O) groups excluding carboxylic acids is 2. The first-order chi connectivity index (χ1) is 14.5. The first-order valence-electron chi connectivity index (χ1n) is 10.3. The fourth-order valence-corrected chi connectivity index (χ4v) is 4.43. The van der Waals surface area contributed by atoms with Gasteiger partial charge in [0.2, 0.25) is 5.91 Å². The molecule has 0 bridgehead atoms. The molecular formula is C21H28Cl2N2O5. The Balaban J connectivity index is 1.43. The maximum absolute atomic E-state index is 12.5. The molecule has 0 radical (unpaired) electrons. The van der Waals surface area contributed by atoms with Crippen molar-refractivity contribution in [3.63, 3.8) is 0 Å². The number of halogens is 2. The molecule has 0 saturated carbocycles. The molecule has 3 N–H and O–H groups in total. The first-order valence-corrected chi connectivity index (χ1v) is 11.1. The minimum Gasteiger partial charge on any atom is -0.394 e. The van der Waals surface area contributed by atoms with Crippen molar-refractivity contribution in [3.8, 4) is 0 Å². The van der Waals surface area contributed by atoms with Crippen LogP contribution in [0.25, 0.3) is 0 Å². The Hall–Kier alpha value is -1.38. The lowest BCUT2D eigenvalue weighted by Crippen LogP contribution is -2.52. The normalized spacial score (nSPS) is 25.0. The van der Waals surface area contributed by atoms with Gasteiger partial charge in [-0.25, -0.2) is 0 Å². The van der Waals surface area contributed by atoms with Crippen molar-refractivity contribution < 1.29 is 24.2 Å². The number of hydrogen-bond donors (Lipinski definition) is 3. The molecule has 2 aliphatic rings. The van der Waals surface area contributed by atoms with Gasteiger partial charge < -0.3 is 25.2 Å². The van der Waals surface area contributed by atoms with E-state index in [4.69, 9.17) is 32.7 Å². The Morgan fingerprint density at radius 1 is 1.07 bits per heavy atom. The van der Waals surface area contributed by atoms with Crippen LogP contribution in [0.1, 0.15) is 42.5 Å². The smallest absolute Gasteiger partial charge is 0.251 e. The molecule has 166 valence electrons. The summed E-state index contributed by atoms with van der Waals surface area (Å²) in [5.74, 6) is -0.280. The van der Waals surface area contributed by atoms with Crippen molar-refractivity contribution in [1.82, 2.24) is 10.6 Å². The summed E-state index contributed by atoms with van der Waals surface area (Å²) in [6.45, 7) is 1.48. The second-order valence-corrected chi connectivity index (χ2v) is 8.63. The highest BCUT2D eigenvalue weighted by atomic mass is 35.5. The number of aliphatic hydroxyl groups excluding tert-OH is 1. The van der Waals surface area contributed by atoms with E-state index in [2.05, 4.69) is 10.6 Å². The van der Waals surface area contributed by atoms with Gasteiger partial charge in [-0.2, -0.15) is 0 Å². The second kappa shape index (κ2) is 11.3. The zero-order chi connectivity index (χ0) is 21.5. The highest BCUT2D eigenvalue weighted by Crippen LogP contribution is 2.23. The fraction of sp³-hybridized carbons (Fsp3) is 0.619. The average Bonchev–Trinajstić information content (AvgIpc) is 2.74. The van der Waals surface area contributed by atoms with Crippen LogP contribution in [0.4, 0.5) is 0 Å². The summed E-state index contributed by atoms with van der Waals surface area (Å²) in [6.07, 6.45) is 2.98. The van der Waals surface area contributed by atoms with Gasteiger partial charge in [-0.3, -0.25) is 9.59 Å². The van der Waals surface area contributed by atoms with Crippen molar-refractivity contribution in [3.05, 3.63) is 33.8 Å². The Kier molecular flexibility index (Phi) is 8.77. The van der Waals surface area contributed by atoms with Crippen LogP contribution in [0.2, 0.25) is 10.0 Å². The van der Waals surface area contributed by atoms with Gasteiger partial charge in [-0.05, 0) is 50.3 Å². The molecule has 0 aromatic heterocycles. The van der Waals surface area contributed by atoms with Crippen LogP contribution in [0.5, 0.6) is 0 Å². The molecule has 2 aliphatic heterocycles. The van der Waals surface area contributed by atoms with Crippen molar-refractivity contribution in [2.75, 3.05) is 26.4 Å². The van der Waals surface area contributed by atoms with E-state index in [0.29, 0.717) is 41.8 Å². The van der Waals surface area contributed by atoms with Gasteiger partial charge in [0.1, 0.15) is 6.10 Å². The second-order valence-electron chi connectivity index (χ2n) is 7.76. The quantitative estimate of drug-likeness (QED) is 0.583. The molecule has 0 aliphatic carbocycles. The summed E-state index contributed by atoms with van der Waals surface area (Å²) in [5, 5.41) is 16.4. The van der Waals surface area contributed by atoms with Gasteiger partial charge >= 0.3 is 0 Å². The number of ether oxygens (including phenoxy) is 2. The number of aliphatic hydroxyl groups is 1. The Labute approximate surface area is 186 Å². The van der Waals surface area contributed by atoms with E-state index in [1.165, 1.54) is 0 Å². The minimum atomic E-state index is -0.449. The summed E-state index contributed by atoms with van der Waals surface area (Å²) in [4.78, 5) is 24.7. The predicted molar refractivity (Wildman–Crippen MR) is 114 cm³/mol. The first kappa shape index (κ1) is 23.3. The minimum absolute atomic E-state index is 0.0104. The Bertz CT molecular complexity index is 722. The molecule has 7 nitrogen and oxygen atoms in total. The number of rotatable bonds is 7. The van der Waals surface area contributed by atoms with Crippen LogP contribution < -0.4 is 10.6 Å². The van der Waals surface area contributed by atoms with Crippen molar-refractivity contribution in [2.24, 2.45) is 5.92 Å². The van der Waals surface area contributed by atoms with E-state index in [1.807, 2.05) is 0 Å². The lowest BCUT2D eigenvalue weighted by Gasteiger charge is -2.37. The monoisotopic (exact) mass is 458 g/mol. The standard InChI is InChI=1S/C21H28Cl2N2O5/c22-15-9-14(10-16(23)11-15)20(27)24-6-3-17-1-2-18(19(12-26)30-17)25-21(28)13-4-7-29-8-5-13/h9-11,13,17-19,26H,1-8,12H2,(H,24,27)(H,25,28)/t17-,18-,19-/m1/s1. The lowest BCUT2D eigenvalue weighted by atomic mass is 9.94. The number of benzene rings is 1. The number of hydrogen-bond acceptors (Lipinski definition) is 5. The van der Waals surface area contributed by atoms with Crippen molar-refractivity contribution in [1.29, 1.82) is 0 Å². The van der Waals surface area contributed by atoms with Gasteiger partial charge in [0.15, 0.2) is 0 Å².